The zero-order chi connectivity index (χ0) is 21.7. The van der Waals surface area contributed by atoms with Gasteiger partial charge < -0.3 is 20.2 Å². The second-order valence-corrected chi connectivity index (χ2v) is 7.03. The fraction of sp³-hybridized carbons (Fsp3) is 0.350. The number of urea groups is 1. The van der Waals surface area contributed by atoms with E-state index >= 15 is 0 Å². The van der Waals surface area contributed by atoms with Crippen LogP contribution in [0, 0.1) is 5.95 Å². The van der Waals surface area contributed by atoms with Crippen molar-refractivity contribution in [1.82, 2.24) is 20.7 Å². The number of aliphatic hydroxyl groups is 1. The first-order valence-electron chi connectivity index (χ1n) is 9.53. The van der Waals surface area contributed by atoms with Gasteiger partial charge in [0.1, 0.15) is 6.04 Å². The van der Waals surface area contributed by atoms with Crippen LogP contribution in [0.2, 0.25) is 0 Å². The Hall–Kier alpha value is -3.24. The van der Waals surface area contributed by atoms with E-state index in [4.69, 9.17) is 5.21 Å². The van der Waals surface area contributed by atoms with Crippen LogP contribution in [-0.4, -0.2) is 70.5 Å². The van der Waals surface area contributed by atoms with Gasteiger partial charge >= 0.3 is 6.03 Å². The number of rotatable bonds is 5. The van der Waals surface area contributed by atoms with Crippen molar-refractivity contribution >= 4 is 17.6 Å². The Balaban J connectivity index is 1.57. The number of halogens is 1. The molecule has 2 aromatic rings. The lowest BCUT2D eigenvalue weighted by molar-refractivity contribution is -0.133. The molecular weight excluding hydrogens is 393 g/mol. The largest absolute Gasteiger partial charge is 0.391 e. The Bertz CT molecular complexity index is 885. The average Bonchev–Trinajstić information content (AvgIpc) is 2.77. The number of anilines is 1. The number of nitrogens with zero attached hydrogens (tertiary/aromatic N) is 3. The molecule has 0 unspecified atom stereocenters. The summed E-state index contributed by atoms with van der Waals surface area (Å²) in [4.78, 5) is 31.2. The summed E-state index contributed by atoms with van der Waals surface area (Å²) in [5.74, 6) is -1.41. The lowest BCUT2D eigenvalue weighted by Crippen LogP contribution is -2.58. The normalized spacial score (nSPS) is 16.0. The number of carbonyl (C=O) groups excluding carboxylic acids is 2. The van der Waals surface area contributed by atoms with Gasteiger partial charge in [-0.25, -0.2) is 15.3 Å². The molecule has 0 spiro atoms. The highest BCUT2D eigenvalue weighted by Gasteiger charge is 2.29. The molecule has 160 valence electrons. The molecule has 3 rings (SSSR count). The molecule has 1 fully saturated rings. The smallest absolute Gasteiger partial charge is 0.318 e. The monoisotopic (exact) mass is 417 g/mol. The van der Waals surface area contributed by atoms with E-state index in [-0.39, 0.29) is 0 Å². The summed E-state index contributed by atoms with van der Waals surface area (Å²) in [6.07, 6.45) is 0.268. The average molecular weight is 417 g/mol. The molecule has 1 saturated heterocycles. The van der Waals surface area contributed by atoms with Crippen molar-refractivity contribution in [2.24, 2.45) is 0 Å². The summed E-state index contributed by atoms with van der Waals surface area (Å²) in [5.41, 5.74) is 4.04. The van der Waals surface area contributed by atoms with Gasteiger partial charge in [0, 0.05) is 44.1 Å². The Labute approximate surface area is 173 Å². The number of carbonyl (C=O) groups is 2. The van der Waals surface area contributed by atoms with Gasteiger partial charge in [-0.3, -0.25) is 10.0 Å². The lowest BCUT2D eigenvalue weighted by atomic mass is 10.1. The van der Waals surface area contributed by atoms with Crippen molar-refractivity contribution < 1.29 is 24.3 Å². The summed E-state index contributed by atoms with van der Waals surface area (Å²) >= 11 is 0. The quantitative estimate of drug-likeness (QED) is 0.327. The van der Waals surface area contributed by atoms with Crippen molar-refractivity contribution in [2.75, 3.05) is 31.1 Å². The van der Waals surface area contributed by atoms with E-state index in [2.05, 4.69) is 15.2 Å². The van der Waals surface area contributed by atoms with Crippen LogP contribution in [0.1, 0.15) is 6.92 Å². The van der Waals surface area contributed by atoms with Crippen molar-refractivity contribution in [1.29, 1.82) is 0 Å². The third kappa shape index (κ3) is 5.02. The van der Waals surface area contributed by atoms with E-state index in [1.807, 2.05) is 24.3 Å². The molecule has 1 aromatic heterocycles. The molecular formula is C20H24FN5O4. The van der Waals surface area contributed by atoms with Crippen molar-refractivity contribution in [3.63, 3.8) is 0 Å². The summed E-state index contributed by atoms with van der Waals surface area (Å²) in [6, 6.07) is 9.09. The van der Waals surface area contributed by atoms with Gasteiger partial charge in [-0.1, -0.05) is 12.1 Å². The minimum absolute atomic E-state index is 0.427. The molecule has 2 atom stereocenters. The lowest BCUT2D eigenvalue weighted by Gasteiger charge is -2.36. The predicted molar refractivity (Wildman–Crippen MR) is 107 cm³/mol. The number of aromatic nitrogens is 1. The van der Waals surface area contributed by atoms with E-state index < -0.39 is 30.0 Å². The molecule has 10 heteroatoms. The zero-order valence-corrected chi connectivity index (χ0v) is 16.5. The van der Waals surface area contributed by atoms with Crippen LogP contribution < -0.4 is 15.7 Å². The number of pyridine rings is 1. The topological polar surface area (TPSA) is 118 Å². The van der Waals surface area contributed by atoms with Crippen LogP contribution in [-0.2, 0) is 4.79 Å². The Morgan fingerprint density at radius 2 is 1.77 bits per heavy atom. The van der Waals surface area contributed by atoms with Gasteiger partial charge in [-0.2, -0.15) is 4.39 Å². The molecule has 1 aliphatic heterocycles. The van der Waals surface area contributed by atoms with Gasteiger partial charge in [0.25, 0.3) is 5.91 Å². The maximum absolute atomic E-state index is 13.3. The molecule has 30 heavy (non-hydrogen) atoms. The van der Waals surface area contributed by atoms with E-state index in [1.165, 1.54) is 24.7 Å². The molecule has 0 bridgehead atoms. The van der Waals surface area contributed by atoms with Gasteiger partial charge in [0.05, 0.1) is 6.10 Å². The van der Waals surface area contributed by atoms with Crippen LogP contribution in [0.25, 0.3) is 11.1 Å². The fourth-order valence-electron chi connectivity index (χ4n) is 3.31. The van der Waals surface area contributed by atoms with Crippen molar-refractivity contribution in [2.45, 2.75) is 19.1 Å². The number of aliphatic hydroxyl groups excluding tert-OH is 1. The number of benzene rings is 1. The van der Waals surface area contributed by atoms with Crippen LogP contribution in [0.3, 0.4) is 0 Å². The number of hydrogen-bond donors (Lipinski definition) is 4. The SMILES string of the molecule is C[C@H](O)[C@@H](NC(=O)N1CCN(c2ccc(-c3ccnc(F)c3)cc2)CC1)C(=O)NO. The number of hydroxylamine groups is 1. The summed E-state index contributed by atoms with van der Waals surface area (Å²) < 4.78 is 13.3. The first-order chi connectivity index (χ1) is 14.4. The van der Waals surface area contributed by atoms with Crippen molar-refractivity contribution in [3.05, 3.63) is 48.5 Å². The molecule has 9 nitrogen and oxygen atoms in total. The molecule has 1 aliphatic rings. The molecule has 0 saturated carbocycles. The fourth-order valence-corrected chi connectivity index (χ4v) is 3.31. The second kappa shape index (κ2) is 9.51. The highest BCUT2D eigenvalue weighted by atomic mass is 19.1. The zero-order valence-electron chi connectivity index (χ0n) is 16.5. The van der Waals surface area contributed by atoms with Gasteiger partial charge in [-0.05, 0) is 36.2 Å². The minimum Gasteiger partial charge on any atom is -0.391 e. The highest BCUT2D eigenvalue weighted by molar-refractivity contribution is 5.87. The van der Waals surface area contributed by atoms with E-state index in [9.17, 15) is 19.1 Å². The molecule has 2 heterocycles. The van der Waals surface area contributed by atoms with Crippen LogP contribution in [0.4, 0.5) is 14.9 Å². The predicted octanol–water partition coefficient (Wildman–Crippen LogP) is 0.974. The summed E-state index contributed by atoms with van der Waals surface area (Å²) in [7, 11) is 0. The van der Waals surface area contributed by atoms with Crippen LogP contribution in [0.5, 0.6) is 0 Å². The van der Waals surface area contributed by atoms with E-state index in [0.717, 1.165) is 16.8 Å². The summed E-state index contributed by atoms with van der Waals surface area (Å²) in [6.45, 7) is 3.37. The van der Waals surface area contributed by atoms with Crippen LogP contribution in [0.15, 0.2) is 42.6 Å². The van der Waals surface area contributed by atoms with Crippen molar-refractivity contribution in [3.8, 4) is 11.1 Å². The van der Waals surface area contributed by atoms with Crippen LogP contribution >= 0.6 is 0 Å². The first kappa shape index (κ1) is 21.5. The standard InChI is InChI=1S/C20H24FN5O4/c1-13(27)18(19(28)24-30)23-20(29)26-10-8-25(9-11-26)16-4-2-14(3-5-16)15-6-7-22-17(21)12-15/h2-7,12-13,18,27,30H,8-11H2,1H3,(H,23,29)(H,24,28)/t13-,18+/m0/s1. The number of hydrogen-bond acceptors (Lipinski definition) is 6. The Morgan fingerprint density at radius 3 is 2.33 bits per heavy atom. The van der Waals surface area contributed by atoms with Gasteiger partial charge in [-0.15, -0.1) is 0 Å². The molecule has 3 amide bonds. The van der Waals surface area contributed by atoms with Gasteiger partial charge in [0.2, 0.25) is 5.95 Å². The number of amides is 3. The number of nitrogens with one attached hydrogen (secondary N) is 2. The molecule has 4 N–H and O–H groups in total. The third-order valence-corrected chi connectivity index (χ3v) is 5.01. The maximum Gasteiger partial charge on any atom is 0.318 e. The minimum atomic E-state index is -1.24. The summed E-state index contributed by atoms with van der Waals surface area (Å²) in [5, 5.41) is 20.8. The maximum atomic E-state index is 13.3. The molecule has 0 radical (unpaired) electrons. The second-order valence-electron chi connectivity index (χ2n) is 7.03. The third-order valence-electron chi connectivity index (χ3n) is 5.01. The number of piperazine rings is 1. The first-order valence-corrected chi connectivity index (χ1v) is 9.53. The Kier molecular flexibility index (Phi) is 6.80. The molecule has 1 aromatic carbocycles. The van der Waals surface area contributed by atoms with Gasteiger partial charge in [0.15, 0.2) is 0 Å². The molecule has 0 aliphatic carbocycles. The Morgan fingerprint density at radius 1 is 1.10 bits per heavy atom. The van der Waals surface area contributed by atoms with E-state index in [1.54, 1.807) is 11.0 Å². The highest BCUT2D eigenvalue weighted by Crippen LogP contribution is 2.24. The van der Waals surface area contributed by atoms with E-state index in [0.29, 0.717) is 26.2 Å².